The number of rotatable bonds is 12. The van der Waals surface area contributed by atoms with Gasteiger partial charge in [0.05, 0.1) is 6.04 Å². The topological polar surface area (TPSA) is 72.7 Å². The lowest BCUT2D eigenvalue weighted by Crippen LogP contribution is -2.52. The second-order valence-electron chi connectivity index (χ2n) is 16.0. The number of nitrogens with one attached hydrogen (secondary N) is 3. The summed E-state index contributed by atoms with van der Waals surface area (Å²) >= 11 is 0. The van der Waals surface area contributed by atoms with Crippen molar-refractivity contribution in [1.82, 2.24) is 24.9 Å². The van der Waals surface area contributed by atoms with Gasteiger partial charge in [-0.1, -0.05) is 78.3 Å². The van der Waals surface area contributed by atoms with Crippen LogP contribution < -0.4 is 5.32 Å². The summed E-state index contributed by atoms with van der Waals surface area (Å²) in [5.41, 5.74) is 1.78. The maximum absolute atomic E-state index is 9.62. The van der Waals surface area contributed by atoms with Crippen LogP contribution in [0, 0.1) is 34.0 Å². The van der Waals surface area contributed by atoms with Gasteiger partial charge < -0.3 is 20.0 Å². The van der Waals surface area contributed by atoms with Gasteiger partial charge in [0.2, 0.25) is 0 Å². The van der Waals surface area contributed by atoms with Crippen molar-refractivity contribution in [3.63, 3.8) is 0 Å². The zero-order valence-corrected chi connectivity index (χ0v) is 28.8. The van der Waals surface area contributed by atoms with Gasteiger partial charge in [-0.3, -0.25) is 15.7 Å². The predicted octanol–water partition coefficient (Wildman–Crippen LogP) is 6.50. The minimum Gasteiger partial charge on any atom is -0.354 e. The molecule has 4 fully saturated rings. The molecule has 44 heavy (non-hydrogen) atoms. The minimum absolute atomic E-state index is 0.281. The SMILES string of the molecule is CCC[C@@H]1CN([C@H](Cc2ccccc2)CN2CCC[C@H]2CN2C(=N)NC[C@H]2C(C)C)C(=N)N1CC1CCC(C(C)(C)C)CC1. The number of hydrogen-bond donors (Lipinski definition) is 3. The second kappa shape index (κ2) is 14.4. The predicted molar refractivity (Wildman–Crippen MR) is 184 cm³/mol. The molecule has 4 atom stereocenters. The molecular weight excluding hydrogens is 542 g/mol. The normalized spacial score (nSPS) is 29.2. The molecule has 0 amide bonds. The fourth-order valence-electron chi connectivity index (χ4n) is 8.78. The number of hydrogen-bond acceptors (Lipinski definition) is 3. The van der Waals surface area contributed by atoms with Crippen molar-refractivity contribution in [3.05, 3.63) is 35.9 Å². The molecule has 246 valence electrons. The van der Waals surface area contributed by atoms with Crippen LogP contribution in [0.3, 0.4) is 0 Å². The Labute approximate surface area is 269 Å². The van der Waals surface area contributed by atoms with Crippen LogP contribution in [0.1, 0.15) is 98.5 Å². The Morgan fingerprint density at radius 3 is 2.32 bits per heavy atom. The maximum Gasteiger partial charge on any atom is 0.194 e. The van der Waals surface area contributed by atoms with Crippen LogP contribution in [0.15, 0.2) is 30.3 Å². The van der Waals surface area contributed by atoms with Crippen molar-refractivity contribution >= 4 is 11.9 Å². The van der Waals surface area contributed by atoms with Crippen molar-refractivity contribution in [3.8, 4) is 0 Å². The van der Waals surface area contributed by atoms with Crippen LogP contribution in [0.5, 0.6) is 0 Å². The van der Waals surface area contributed by atoms with E-state index in [0.29, 0.717) is 41.3 Å². The minimum atomic E-state index is 0.281. The van der Waals surface area contributed by atoms with Crippen molar-refractivity contribution in [1.29, 1.82) is 10.8 Å². The van der Waals surface area contributed by atoms with Crippen LogP contribution in [0.4, 0.5) is 0 Å². The Bertz CT molecular complexity index is 1070. The molecular formula is C37H63N7. The Morgan fingerprint density at radius 2 is 1.66 bits per heavy atom. The zero-order chi connectivity index (χ0) is 31.4. The van der Waals surface area contributed by atoms with Crippen LogP contribution in [0.2, 0.25) is 0 Å². The summed E-state index contributed by atoms with van der Waals surface area (Å²) in [6.07, 6.45) is 11.0. The van der Waals surface area contributed by atoms with Gasteiger partial charge in [-0.15, -0.1) is 0 Å². The lowest BCUT2D eigenvalue weighted by atomic mass is 9.70. The molecule has 1 aromatic rings. The molecule has 3 aliphatic heterocycles. The average Bonchev–Trinajstić information content (AvgIpc) is 3.67. The molecule has 0 radical (unpaired) electrons. The van der Waals surface area contributed by atoms with Gasteiger partial charge in [-0.2, -0.15) is 0 Å². The van der Waals surface area contributed by atoms with Crippen LogP contribution in [-0.2, 0) is 6.42 Å². The van der Waals surface area contributed by atoms with Crippen LogP contribution in [-0.4, -0.2) is 95.0 Å². The summed E-state index contributed by atoms with van der Waals surface area (Å²) in [5, 5.41) is 21.5. The highest BCUT2D eigenvalue weighted by molar-refractivity contribution is 5.80. The summed E-state index contributed by atoms with van der Waals surface area (Å²) in [7, 11) is 0. The number of guanidine groups is 2. The third-order valence-corrected chi connectivity index (χ3v) is 11.6. The standard InChI is InChI=1S/C37H63N7/c1-7-12-32-26-43(36(39)42(32)23-29-16-18-30(19-17-29)37(4,5)6)33(21-28-13-9-8-10-14-28)24-41-20-11-15-31(41)25-44-34(27(2)3)22-40-35(44)38/h8-10,13-14,27,29-34,39H,7,11-12,15-26H2,1-6H3,(H2,38,40)/t29?,30?,31-,32+,33+,34-/m0/s1. The van der Waals surface area contributed by atoms with E-state index in [1.54, 1.807) is 0 Å². The van der Waals surface area contributed by atoms with E-state index in [4.69, 9.17) is 5.41 Å². The Balaban J connectivity index is 1.31. The van der Waals surface area contributed by atoms with Gasteiger partial charge in [-0.05, 0) is 86.6 Å². The Morgan fingerprint density at radius 1 is 0.932 bits per heavy atom. The molecule has 7 heteroatoms. The van der Waals surface area contributed by atoms with Gasteiger partial charge in [-0.25, -0.2) is 0 Å². The third kappa shape index (κ3) is 7.74. The van der Waals surface area contributed by atoms with E-state index in [0.717, 1.165) is 57.6 Å². The first-order valence-electron chi connectivity index (χ1n) is 18.0. The fraction of sp³-hybridized carbons (Fsp3) is 0.784. The quantitative estimate of drug-likeness (QED) is 0.254. The zero-order valence-electron chi connectivity index (χ0n) is 28.8. The molecule has 0 spiro atoms. The summed E-state index contributed by atoms with van der Waals surface area (Å²) in [6.45, 7) is 20.1. The molecule has 0 bridgehead atoms. The molecule has 0 aromatic heterocycles. The molecule has 0 unspecified atom stereocenters. The van der Waals surface area contributed by atoms with Crippen LogP contribution in [0.25, 0.3) is 0 Å². The first-order chi connectivity index (χ1) is 21.0. The molecule has 3 heterocycles. The number of benzene rings is 1. The molecule has 3 N–H and O–H groups in total. The van der Waals surface area contributed by atoms with E-state index >= 15 is 0 Å². The average molecular weight is 606 g/mol. The van der Waals surface area contributed by atoms with Gasteiger partial charge in [0, 0.05) is 50.8 Å². The van der Waals surface area contributed by atoms with Crippen molar-refractivity contribution in [2.75, 3.05) is 39.3 Å². The largest absolute Gasteiger partial charge is 0.354 e. The van der Waals surface area contributed by atoms with E-state index in [9.17, 15) is 5.41 Å². The monoisotopic (exact) mass is 606 g/mol. The fourth-order valence-corrected chi connectivity index (χ4v) is 8.78. The highest BCUT2D eigenvalue weighted by atomic mass is 15.5. The molecule has 4 aliphatic rings. The third-order valence-electron chi connectivity index (χ3n) is 11.6. The van der Waals surface area contributed by atoms with Crippen molar-refractivity contribution < 1.29 is 0 Å². The summed E-state index contributed by atoms with van der Waals surface area (Å²) < 4.78 is 0. The van der Waals surface area contributed by atoms with Gasteiger partial charge in [0.25, 0.3) is 0 Å². The molecule has 1 saturated carbocycles. The van der Waals surface area contributed by atoms with E-state index in [1.165, 1.54) is 56.9 Å². The van der Waals surface area contributed by atoms with Gasteiger partial charge in [0.1, 0.15) is 0 Å². The lowest BCUT2D eigenvalue weighted by Gasteiger charge is -2.39. The highest BCUT2D eigenvalue weighted by Crippen LogP contribution is 2.40. The Kier molecular flexibility index (Phi) is 10.9. The smallest absolute Gasteiger partial charge is 0.194 e. The number of nitrogens with zero attached hydrogens (tertiary/aromatic N) is 4. The summed E-state index contributed by atoms with van der Waals surface area (Å²) in [5.74, 6) is 3.46. The van der Waals surface area contributed by atoms with Crippen molar-refractivity contribution in [2.45, 2.75) is 123 Å². The summed E-state index contributed by atoms with van der Waals surface area (Å²) in [6, 6.07) is 12.6. The molecule has 7 nitrogen and oxygen atoms in total. The van der Waals surface area contributed by atoms with Gasteiger partial charge in [0.15, 0.2) is 11.9 Å². The first-order valence-corrected chi connectivity index (χ1v) is 18.0. The van der Waals surface area contributed by atoms with E-state index < -0.39 is 0 Å². The molecule has 1 aliphatic carbocycles. The Hall–Kier alpha value is -2.28. The summed E-state index contributed by atoms with van der Waals surface area (Å²) in [4.78, 5) is 10.1. The van der Waals surface area contributed by atoms with Crippen LogP contribution >= 0.6 is 0 Å². The van der Waals surface area contributed by atoms with E-state index in [2.05, 4.69) is 96.8 Å². The number of likely N-dealkylation sites (tertiary alicyclic amines) is 1. The molecule has 5 rings (SSSR count). The highest BCUT2D eigenvalue weighted by Gasteiger charge is 2.42. The van der Waals surface area contributed by atoms with E-state index in [1.807, 2.05) is 0 Å². The lowest BCUT2D eigenvalue weighted by molar-refractivity contribution is 0.134. The molecule has 3 saturated heterocycles. The van der Waals surface area contributed by atoms with Crippen molar-refractivity contribution in [2.24, 2.45) is 23.2 Å². The second-order valence-corrected chi connectivity index (χ2v) is 16.0. The first kappa shape index (κ1) is 33.1. The van der Waals surface area contributed by atoms with Gasteiger partial charge >= 0.3 is 0 Å². The van der Waals surface area contributed by atoms with E-state index in [-0.39, 0.29) is 6.04 Å². The molecule has 1 aromatic carbocycles. The maximum atomic E-state index is 9.62.